The van der Waals surface area contributed by atoms with E-state index in [0.29, 0.717) is 0 Å². The summed E-state index contributed by atoms with van der Waals surface area (Å²) in [5.41, 5.74) is 8.67. The van der Waals surface area contributed by atoms with Crippen LogP contribution in [0.3, 0.4) is 0 Å². The van der Waals surface area contributed by atoms with E-state index in [1.165, 1.54) is 60.4 Å². The number of para-hydroxylation sites is 1. The molecule has 156 valence electrons. The molecule has 1 fully saturated rings. The molecule has 0 amide bonds. The quantitative estimate of drug-likeness (QED) is 0.509. The molecule has 1 aliphatic carbocycles. The lowest BCUT2D eigenvalue weighted by Crippen LogP contribution is -2.31. The van der Waals surface area contributed by atoms with Crippen molar-refractivity contribution in [2.24, 2.45) is 0 Å². The number of hydrogen-bond donors (Lipinski definition) is 0. The molecule has 0 saturated heterocycles. The predicted octanol–water partition coefficient (Wildman–Crippen LogP) is 6.66. The van der Waals surface area contributed by atoms with Gasteiger partial charge in [-0.1, -0.05) is 37.6 Å². The molecule has 2 aromatic rings. The second-order valence-electron chi connectivity index (χ2n) is 9.72. The van der Waals surface area contributed by atoms with Crippen LogP contribution in [0.2, 0.25) is 0 Å². The minimum atomic E-state index is 0.0360. The molecule has 2 heteroatoms. The molecule has 2 aromatic carbocycles. The smallest absolute Gasteiger partial charge is 0.209 e. The first kappa shape index (κ1) is 19.6. The highest BCUT2D eigenvalue weighted by Crippen LogP contribution is 2.49. The van der Waals surface area contributed by atoms with E-state index in [4.69, 9.17) is 0 Å². The van der Waals surface area contributed by atoms with Gasteiger partial charge < -0.3 is 4.90 Å². The topological polar surface area (TPSA) is 6.25 Å². The van der Waals surface area contributed by atoms with Crippen molar-refractivity contribution < 1.29 is 4.58 Å². The summed E-state index contributed by atoms with van der Waals surface area (Å²) in [5.74, 6) is 0.742. The highest BCUT2D eigenvalue weighted by Gasteiger charge is 2.44. The second-order valence-corrected chi connectivity index (χ2v) is 9.72. The summed E-state index contributed by atoms with van der Waals surface area (Å²) in [4.78, 5) is 2.70. The average molecular weight is 400 g/mol. The van der Waals surface area contributed by atoms with Crippen LogP contribution in [0.1, 0.15) is 76.0 Å². The average Bonchev–Trinajstić information content (AvgIpc) is 3.39. The lowest BCUT2D eigenvalue weighted by atomic mass is 9.81. The van der Waals surface area contributed by atoms with Crippen molar-refractivity contribution >= 4 is 23.2 Å². The molecule has 0 spiro atoms. The maximum atomic E-state index is 2.70. The maximum Gasteiger partial charge on any atom is 0.209 e. The molecular formula is C28H35N2+. The van der Waals surface area contributed by atoms with Crippen molar-refractivity contribution in [2.75, 3.05) is 18.0 Å². The predicted molar refractivity (Wildman–Crippen MR) is 128 cm³/mol. The lowest BCUT2D eigenvalue weighted by molar-refractivity contribution is -0.433. The number of rotatable bonds is 5. The van der Waals surface area contributed by atoms with Crippen LogP contribution in [-0.2, 0) is 5.41 Å². The van der Waals surface area contributed by atoms with E-state index in [-0.39, 0.29) is 5.41 Å². The Morgan fingerprint density at radius 3 is 2.70 bits per heavy atom. The van der Waals surface area contributed by atoms with E-state index in [1.54, 1.807) is 5.56 Å². The molecule has 0 N–H and O–H groups in total. The van der Waals surface area contributed by atoms with Gasteiger partial charge in [0.15, 0.2) is 5.71 Å². The zero-order valence-electron chi connectivity index (χ0n) is 19.0. The van der Waals surface area contributed by atoms with Gasteiger partial charge in [0.25, 0.3) is 0 Å². The van der Waals surface area contributed by atoms with Gasteiger partial charge in [0.1, 0.15) is 6.54 Å². The van der Waals surface area contributed by atoms with Gasteiger partial charge in [-0.25, -0.2) is 0 Å². The van der Waals surface area contributed by atoms with Crippen LogP contribution < -0.4 is 4.90 Å². The van der Waals surface area contributed by atoms with E-state index in [0.717, 1.165) is 18.5 Å². The molecule has 2 aliphatic heterocycles. The van der Waals surface area contributed by atoms with Gasteiger partial charge >= 0.3 is 0 Å². The summed E-state index contributed by atoms with van der Waals surface area (Å²) in [6.45, 7) is 11.5. The maximum absolute atomic E-state index is 2.70. The number of benzene rings is 2. The summed E-state index contributed by atoms with van der Waals surface area (Å²) in [6, 6.07) is 16.8. The van der Waals surface area contributed by atoms with Gasteiger partial charge in [0.2, 0.25) is 5.69 Å². The van der Waals surface area contributed by atoms with Crippen LogP contribution in [0.15, 0.2) is 48.5 Å². The lowest BCUT2D eigenvalue weighted by Gasteiger charge is -2.26. The molecule has 5 rings (SSSR count). The first-order chi connectivity index (χ1) is 14.6. The van der Waals surface area contributed by atoms with Crippen molar-refractivity contribution in [3.63, 3.8) is 0 Å². The molecule has 0 bridgehead atoms. The molecule has 30 heavy (non-hydrogen) atoms. The van der Waals surface area contributed by atoms with Crippen LogP contribution in [0.4, 0.5) is 11.4 Å². The number of anilines is 1. The zero-order chi connectivity index (χ0) is 20.9. The van der Waals surface area contributed by atoms with Gasteiger partial charge in [-0.3, -0.25) is 0 Å². The summed E-state index contributed by atoms with van der Waals surface area (Å²) >= 11 is 0. The standard InChI is InChI=1S/C28H35N2/c1-5-18-30-24-13-9-10-21(24)22-19-20(14-16-25(22)30)15-17-27-28(3,4)23-11-7-8-12-26(23)29(27)6-2/h7-8,11-12,14-17,19,21,24H,5-6,9-10,13,18H2,1-4H3/q+1. The summed E-state index contributed by atoms with van der Waals surface area (Å²) < 4.78 is 2.48. The zero-order valence-corrected chi connectivity index (χ0v) is 19.0. The largest absolute Gasteiger partial charge is 0.368 e. The van der Waals surface area contributed by atoms with Crippen LogP contribution in [-0.4, -0.2) is 29.4 Å². The fourth-order valence-electron chi connectivity index (χ4n) is 6.27. The van der Waals surface area contributed by atoms with Crippen molar-refractivity contribution in [3.05, 3.63) is 65.2 Å². The third-order valence-electron chi connectivity index (χ3n) is 7.65. The van der Waals surface area contributed by atoms with Gasteiger partial charge in [0, 0.05) is 41.9 Å². The monoisotopic (exact) mass is 399 g/mol. The van der Waals surface area contributed by atoms with Crippen molar-refractivity contribution in [1.82, 2.24) is 0 Å². The van der Waals surface area contributed by atoms with E-state index < -0.39 is 0 Å². The van der Waals surface area contributed by atoms with Gasteiger partial charge in [-0.15, -0.1) is 0 Å². The minimum absolute atomic E-state index is 0.0360. The summed E-state index contributed by atoms with van der Waals surface area (Å²) in [5, 5.41) is 0. The van der Waals surface area contributed by atoms with Crippen LogP contribution in [0.5, 0.6) is 0 Å². The van der Waals surface area contributed by atoms with E-state index >= 15 is 0 Å². The van der Waals surface area contributed by atoms with Crippen molar-refractivity contribution in [1.29, 1.82) is 0 Å². The van der Waals surface area contributed by atoms with Crippen molar-refractivity contribution in [3.8, 4) is 0 Å². The highest BCUT2D eigenvalue weighted by molar-refractivity contribution is 6.05. The first-order valence-corrected chi connectivity index (χ1v) is 11.9. The SMILES string of the molecule is CCCN1c2ccc(/C=C/C3=[N+](CC)c4ccccc4C3(C)C)cc2C2CCCC21. The molecule has 2 heterocycles. The van der Waals surface area contributed by atoms with Gasteiger partial charge in [-0.05, 0) is 69.4 Å². The molecule has 2 nitrogen and oxygen atoms in total. The molecular weight excluding hydrogens is 364 g/mol. The molecule has 2 atom stereocenters. The molecule has 0 aromatic heterocycles. The number of allylic oxidation sites excluding steroid dienone is 1. The Balaban J connectivity index is 1.50. The van der Waals surface area contributed by atoms with Gasteiger partial charge in [0.05, 0.1) is 5.41 Å². The minimum Gasteiger partial charge on any atom is -0.368 e. The third kappa shape index (κ3) is 2.87. The molecule has 3 aliphatic rings. The third-order valence-corrected chi connectivity index (χ3v) is 7.65. The molecule has 2 unspecified atom stereocenters. The Hall–Kier alpha value is -2.35. The number of nitrogens with zero attached hydrogens (tertiary/aromatic N) is 2. The van der Waals surface area contributed by atoms with E-state index in [9.17, 15) is 0 Å². The number of hydrogen-bond acceptors (Lipinski definition) is 1. The first-order valence-electron chi connectivity index (χ1n) is 11.9. The molecule has 1 saturated carbocycles. The highest BCUT2D eigenvalue weighted by atomic mass is 15.2. The summed E-state index contributed by atoms with van der Waals surface area (Å²) in [7, 11) is 0. The van der Waals surface area contributed by atoms with E-state index in [1.807, 2.05) is 0 Å². The van der Waals surface area contributed by atoms with E-state index in [2.05, 4.69) is 91.8 Å². The Bertz CT molecular complexity index is 1030. The fourth-order valence-corrected chi connectivity index (χ4v) is 6.27. The fraction of sp³-hybridized carbons (Fsp3) is 0.464. The Morgan fingerprint density at radius 2 is 1.90 bits per heavy atom. The summed E-state index contributed by atoms with van der Waals surface area (Å²) in [6.07, 6.45) is 10.0. The Labute approximate surface area is 181 Å². The van der Waals surface area contributed by atoms with Crippen LogP contribution in [0.25, 0.3) is 6.08 Å². The van der Waals surface area contributed by atoms with Gasteiger partial charge in [-0.2, -0.15) is 4.58 Å². The number of fused-ring (bicyclic) bond motifs is 4. The Kier molecular flexibility index (Phi) is 4.84. The Morgan fingerprint density at radius 1 is 1.07 bits per heavy atom. The van der Waals surface area contributed by atoms with Crippen LogP contribution >= 0.6 is 0 Å². The second kappa shape index (κ2) is 7.41. The molecule has 0 radical (unpaired) electrons. The van der Waals surface area contributed by atoms with Crippen molar-refractivity contribution in [2.45, 2.75) is 70.8 Å². The normalized spacial score (nSPS) is 23.9. The van der Waals surface area contributed by atoms with Crippen LogP contribution in [0, 0.1) is 0 Å².